The van der Waals surface area contributed by atoms with Crippen LogP contribution in [0.15, 0.2) is 60.7 Å². The highest BCUT2D eigenvalue weighted by molar-refractivity contribution is 5.92. The Morgan fingerprint density at radius 1 is 0.771 bits per heavy atom. The quantitative estimate of drug-likeness (QED) is 0.195. The van der Waals surface area contributed by atoms with Gasteiger partial charge in [0.1, 0.15) is 17.6 Å². The zero-order valence-electron chi connectivity index (χ0n) is 19.1. The van der Waals surface area contributed by atoms with Crippen molar-refractivity contribution in [1.29, 1.82) is 5.26 Å². The van der Waals surface area contributed by atoms with Gasteiger partial charge in [0.2, 0.25) is 5.82 Å². The van der Waals surface area contributed by atoms with E-state index in [0.29, 0.717) is 17.9 Å². The van der Waals surface area contributed by atoms with Gasteiger partial charge in [0.05, 0.1) is 23.3 Å². The normalized spacial score (nSPS) is 10.3. The molecule has 3 aromatic rings. The summed E-state index contributed by atoms with van der Waals surface area (Å²) in [5.41, 5.74) is -0.155. The number of esters is 2. The van der Waals surface area contributed by atoms with E-state index in [1.165, 1.54) is 36.8 Å². The smallest absolute Gasteiger partial charge is 0.343 e. The second-order valence-corrected chi connectivity index (χ2v) is 7.59. The van der Waals surface area contributed by atoms with Gasteiger partial charge >= 0.3 is 11.9 Å². The molecule has 0 atom stereocenters. The maximum absolute atomic E-state index is 14.0. The Morgan fingerprint density at radius 2 is 1.37 bits per heavy atom. The predicted molar refractivity (Wildman–Crippen MR) is 124 cm³/mol. The van der Waals surface area contributed by atoms with Crippen LogP contribution in [0.1, 0.15) is 58.9 Å². The van der Waals surface area contributed by atoms with Gasteiger partial charge in [-0.25, -0.2) is 14.0 Å². The number of nitrogens with zero attached hydrogens (tertiary/aromatic N) is 1. The highest BCUT2D eigenvalue weighted by atomic mass is 19.2. The zero-order chi connectivity index (χ0) is 25.2. The van der Waals surface area contributed by atoms with Crippen LogP contribution in [0.2, 0.25) is 0 Å². The van der Waals surface area contributed by atoms with Gasteiger partial charge in [-0.05, 0) is 67.1 Å². The van der Waals surface area contributed by atoms with Crippen LogP contribution in [0.3, 0.4) is 0 Å². The summed E-state index contributed by atoms with van der Waals surface area (Å²) >= 11 is 0. The molecule has 0 aliphatic carbocycles. The van der Waals surface area contributed by atoms with E-state index in [2.05, 4.69) is 6.92 Å². The van der Waals surface area contributed by atoms with Crippen molar-refractivity contribution in [2.75, 3.05) is 6.61 Å². The van der Waals surface area contributed by atoms with Gasteiger partial charge < -0.3 is 14.2 Å². The van der Waals surface area contributed by atoms with E-state index in [4.69, 9.17) is 19.5 Å². The number of carbonyl (C=O) groups excluding carboxylic acids is 2. The molecule has 6 nitrogen and oxygen atoms in total. The van der Waals surface area contributed by atoms with Crippen LogP contribution in [0.4, 0.5) is 8.78 Å². The molecule has 0 N–H and O–H groups in total. The lowest BCUT2D eigenvalue weighted by Gasteiger charge is -2.09. The van der Waals surface area contributed by atoms with E-state index in [1.54, 1.807) is 24.3 Å². The Labute approximate surface area is 201 Å². The van der Waals surface area contributed by atoms with Crippen LogP contribution in [0.25, 0.3) is 0 Å². The Morgan fingerprint density at radius 3 is 1.97 bits per heavy atom. The second-order valence-electron chi connectivity index (χ2n) is 7.59. The molecule has 3 rings (SSSR count). The number of rotatable bonds is 10. The van der Waals surface area contributed by atoms with Crippen LogP contribution < -0.4 is 14.2 Å². The van der Waals surface area contributed by atoms with Crippen molar-refractivity contribution in [3.8, 4) is 23.3 Å². The van der Waals surface area contributed by atoms with Gasteiger partial charge in [-0.2, -0.15) is 9.65 Å². The van der Waals surface area contributed by atoms with Gasteiger partial charge in [0, 0.05) is 0 Å². The highest BCUT2D eigenvalue weighted by Crippen LogP contribution is 2.24. The van der Waals surface area contributed by atoms with Crippen molar-refractivity contribution >= 4 is 11.9 Å². The fourth-order valence-corrected chi connectivity index (χ4v) is 3.09. The van der Waals surface area contributed by atoms with Crippen molar-refractivity contribution in [2.24, 2.45) is 0 Å². The average molecular weight is 479 g/mol. The van der Waals surface area contributed by atoms with Crippen LogP contribution in [-0.4, -0.2) is 18.5 Å². The number of ether oxygens (including phenoxy) is 3. The fourth-order valence-electron chi connectivity index (χ4n) is 3.09. The second kappa shape index (κ2) is 12.3. The molecule has 35 heavy (non-hydrogen) atoms. The standard InChI is InChI=1S/C27H23F2NO5/c1-2-3-4-5-16-33-21-11-6-18(7-12-21)26(31)34-22-13-8-19(9-14-22)27(32)35-23-15-10-20(17-30)24(28)25(23)29/h6-15H,2-5,16H2,1H3. The van der Waals surface area contributed by atoms with E-state index >= 15 is 0 Å². The summed E-state index contributed by atoms with van der Waals surface area (Å²) in [4.78, 5) is 24.6. The summed E-state index contributed by atoms with van der Waals surface area (Å²) in [6.07, 6.45) is 4.41. The van der Waals surface area contributed by atoms with Crippen molar-refractivity contribution in [3.05, 3.63) is 89.0 Å². The average Bonchev–Trinajstić information content (AvgIpc) is 2.87. The maximum Gasteiger partial charge on any atom is 0.343 e. The Bertz CT molecular complexity index is 1220. The number of carbonyl (C=O) groups is 2. The monoisotopic (exact) mass is 479 g/mol. The SMILES string of the molecule is CCCCCCOc1ccc(C(=O)Oc2ccc(C(=O)Oc3ccc(C#N)c(F)c3F)cc2)cc1. The molecule has 0 unspecified atom stereocenters. The van der Waals surface area contributed by atoms with Crippen LogP contribution in [0, 0.1) is 23.0 Å². The highest BCUT2D eigenvalue weighted by Gasteiger charge is 2.18. The number of nitriles is 1. The van der Waals surface area contributed by atoms with Crippen molar-refractivity contribution < 1.29 is 32.6 Å². The van der Waals surface area contributed by atoms with E-state index in [0.717, 1.165) is 31.4 Å². The molecule has 0 saturated heterocycles. The van der Waals surface area contributed by atoms with E-state index in [9.17, 15) is 18.4 Å². The van der Waals surface area contributed by atoms with Gasteiger partial charge in [-0.15, -0.1) is 0 Å². The lowest BCUT2D eigenvalue weighted by Crippen LogP contribution is -2.11. The minimum atomic E-state index is -1.43. The lowest BCUT2D eigenvalue weighted by molar-refractivity contribution is 0.0724. The van der Waals surface area contributed by atoms with Crippen LogP contribution >= 0.6 is 0 Å². The third kappa shape index (κ3) is 6.87. The lowest BCUT2D eigenvalue weighted by atomic mass is 10.2. The summed E-state index contributed by atoms with van der Waals surface area (Å²) < 4.78 is 43.5. The molecule has 0 heterocycles. The first-order valence-electron chi connectivity index (χ1n) is 11.1. The predicted octanol–water partition coefficient (Wildman–Crippen LogP) is 6.23. The summed E-state index contributed by atoms with van der Waals surface area (Å²) in [6, 6.07) is 15.5. The number of benzene rings is 3. The van der Waals surface area contributed by atoms with Gasteiger partial charge in [0.15, 0.2) is 11.6 Å². The molecular formula is C27H23F2NO5. The Kier molecular flexibility index (Phi) is 8.90. The first-order valence-corrected chi connectivity index (χ1v) is 11.1. The van der Waals surface area contributed by atoms with Gasteiger partial charge in [-0.1, -0.05) is 26.2 Å². The fraction of sp³-hybridized carbons (Fsp3) is 0.222. The van der Waals surface area contributed by atoms with Crippen molar-refractivity contribution in [1.82, 2.24) is 0 Å². The van der Waals surface area contributed by atoms with E-state index in [-0.39, 0.29) is 11.3 Å². The summed E-state index contributed by atoms with van der Waals surface area (Å²) in [5, 5.41) is 8.72. The summed E-state index contributed by atoms with van der Waals surface area (Å²) in [5.74, 6) is -4.17. The largest absolute Gasteiger partial charge is 0.494 e. The molecule has 0 aliphatic heterocycles. The van der Waals surface area contributed by atoms with Crippen LogP contribution in [0.5, 0.6) is 17.2 Å². The number of halogens is 2. The topological polar surface area (TPSA) is 85.6 Å². The molecule has 0 spiro atoms. The number of hydrogen-bond acceptors (Lipinski definition) is 6. The zero-order valence-corrected chi connectivity index (χ0v) is 19.1. The molecule has 0 radical (unpaired) electrons. The molecule has 0 aliphatic rings. The number of hydrogen-bond donors (Lipinski definition) is 0. The maximum atomic E-state index is 14.0. The van der Waals surface area contributed by atoms with E-state index < -0.39 is 34.9 Å². The molecule has 0 amide bonds. The first kappa shape index (κ1) is 25.4. The molecule has 0 fully saturated rings. The van der Waals surface area contributed by atoms with E-state index in [1.807, 2.05) is 0 Å². The first-order chi connectivity index (χ1) is 16.9. The van der Waals surface area contributed by atoms with Crippen molar-refractivity contribution in [2.45, 2.75) is 32.6 Å². The molecular weight excluding hydrogens is 456 g/mol. The molecule has 8 heteroatoms. The van der Waals surface area contributed by atoms with Gasteiger partial charge in [-0.3, -0.25) is 0 Å². The molecule has 180 valence electrons. The third-order valence-electron chi connectivity index (χ3n) is 5.03. The minimum Gasteiger partial charge on any atom is -0.494 e. The molecule has 0 saturated carbocycles. The van der Waals surface area contributed by atoms with Gasteiger partial charge in [0.25, 0.3) is 0 Å². The number of unbranched alkanes of at least 4 members (excludes halogenated alkanes) is 3. The summed E-state index contributed by atoms with van der Waals surface area (Å²) in [7, 11) is 0. The van der Waals surface area contributed by atoms with Crippen LogP contribution in [-0.2, 0) is 0 Å². The molecule has 3 aromatic carbocycles. The Hall–Kier alpha value is -4.25. The Balaban J connectivity index is 1.55. The third-order valence-corrected chi connectivity index (χ3v) is 5.03. The summed E-state index contributed by atoms with van der Waals surface area (Å²) in [6.45, 7) is 2.76. The van der Waals surface area contributed by atoms with Crippen molar-refractivity contribution in [3.63, 3.8) is 0 Å². The molecule has 0 aromatic heterocycles. The molecule has 0 bridgehead atoms. The minimum absolute atomic E-state index is 0.0226.